The first-order valence-corrected chi connectivity index (χ1v) is 7.68. The zero-order valence-electron chi connectivity index (χ0n) is 13.8. The fraction of sp³-hybridized carbons (Fsp3) is 0.158. The molecule has 4 rings (SSSR count). The third-order valence-electron chi connectivity index (χ3n) is 4.18. The molecule has 0 amide bonds. The minimum absolute atomic E-state index is 0.708. The van der Waals surface area contributed by atoms with E-state index in [1.54, 1.807) is 14.2 Å². The Morgan fingerprint density at radius 1 is 0.875 bits per heavy atom. The fourth-order valence-corrected chi connectivity index (χ4v) is 2.88. The van der Waals surface area contributed by atoms with E-state index in [-0.39, 0.29) is 0 Å². The van der Waals surface area contributed by atoms with Gasteiger partial charge in [-0.1, -0.05) is 0 Å². The molecule has 0 saturated heterocycles. The van der Waals surface area contributed by atoms with Crippen molar-refractivity contribution in [1.82, 2.24) is 15.0 Å². The quantitative estimate of drug-likeness (QED) is 0.617. The molecule has 2 aromatic carbocycles. The number of aryl methyl sites for hydroxylation is 1. The van der Waals surface area contributed by atoms with E-state index >= 15 is 0 Å². The van der Waals surface area contributed by atoms with Crippen LogP contribution in [0.5, 0.6) is 11.5 Å². The molecule has 0 saturated carbocycles. The maximum absolute atomic E-state index is 5.30. The summed E-state index contributed by atoms with van der Waals surface area (Å²) < 4.78 is 10.5. The van der Waals surface area contributed by atoms with Crippen LogP contribution in [0.3, 0.4) is 0 Å². The summed E-state index contributed by atoms with van der Waals surface area (Å²) in [5.74, 6) is 2.34. The van der Waals surface area contributed by atoms with Crippen molar-refractivity contribution in [2.75, 3.05) is 14.2 Å². The van der Waals surface area contributed by atoms with Crippen LogP contribution in [-0.4, -0.2) is 29.2 Å². The van der Waals surface area contributed by atoms with Crippen LogP contribution >= 0.6 is 0 Å². The number of nitrogens with one attached hydrogen (secondary N) is 1. The maximum Gasteiger partial charge on any atom is 0.160 e. The monoisotopic (exact) mass is 319 g/mol. The molecule has 1 N–H and O–H groups in total. The lowest BCUT2D eigenvalue weighted by atomic mass is 10.2. The number of aromatic amines is 1. The van der Waals surface area contributed by atoms with E-state index in [1.807, 2.05) is 49.4 Å². The number of benzene rings is 2. The molecular formula is C19H17N3O2. The van der Waals surface area contributed by atoms with Gasteiger partial charge in [0.1, 0.15) is 17.0 Å². The normalized spacial score (nSPS) is 11.1. The molecule has 0 aliphatic carbocycles. The van der Waals surface area contributed by atoms with Crippen LogP contribution in [0.25, 0.3) is 33.3 Å². The highest BCUT2D eigenvalue weighted by atomic mass is 16.5. The molecule has 0 fully saturated rings. The van der Waals surface area contributed by atoms with E-state index in [0.29, 0.717) is 5.82 Å². The van der Waals surface area contributed by atoms with Crippen LogP contribution in [-0.2, 0) is 0 Å². The Kier molecular flexibility index (Phi) is 3.34. The summed E-state index contributed by atoms with van der Waals surface area (Å²) in [6, 6.07) is 13.7. The number of rotatable bonds is 3. The number of methoxy groups -OCH3 is 2. The van der Waals surface area contributed by atoms with Gasteiger partial charge in [-0.15, -0.1) is 0 Å². The summed E-state index contributed by atoms with van der Waals surface area (Å²) in [5.41, 5.74) is 4.75. The number of nitrogens with zero attached hydrogens (tertiary/aromatic N) is 2. The summed E-state index contributed by atoms with van der Waals surface area (Å²) in [7, 11) is 3.32. The largest absolute Gasteiger partial charge is 0.497 e. The number of hydrogen-bond acceptors (Lipinski definition) is 4. The van der Waals surface area contributed by atoms with E-state index in [2.05, 4.69) is 9.97 Å². The van der Waals surface area contributed by atoms with Gasteiger partial charge >= 0.3 is 0 Å². The number of fused-ring (bicyclic) bond motifs is 3. The molecule has 0 atom stereocenters. The lowest BCUT2D eigenvalue weighted by Crippen LogP contribution is -1.93. The van der Waals surface area contributed by atoms with Crippen LogP contribution in [0.1, 0.15) is 5.69 Å². The molecule has 4 aromatic rings. The van der Waals surface area contributed by atoms with E-state index in [0.717, 1.165) is 44.7 Å². The Morgan fingerprint density at radius 2 is 1.58 bits per heavy atom. The van der Waals surface area contributed by atoms with Crippen molar-refractivity contribution in [2.45, 2.75) is 6.92 Å². The Bertz CT molecular complexity index is 1040. The highest BCUT2D eigenvalue weighted by molar-refractivity contribution is 6.06. The summed E-state index contributed by atoms with van der Waals surface area (Å²) >= 11 is 0. The number of H-pyrrole nitrogens is 1. The predicted molar refractivity (Wildman–Crippen MR) is 94.7 cm³/mol. The van der Waals surface area contributed by atoms with Gasteiger partial charge in [-0.05, 0) is 43.3 Å². The zero-order chi connectivity index (χ0) is 16.7. The highest BCUT2D eigenvalue weighted by Crippen LogP contribution is 2.30. The number of aromatic nitrogens is 3. The Morgan fingerprint density at radius 3 is 2.29 bits per heavy atom. The third kappa shape index (κ3) is 2.25. The lowest BCUT2D eigenvalue weighted by molar-refractivity contribution is 0.415. The van der Waals surface area contributed by atoms with Crippen molar-refractivity contribution in [3.8, 4) is 22.9 Å². The molecule has 0 radical (unpaired) electrons. The molecule has 5 nitrogen and oxygen atoms in total. The minimum atomic E-state index is 0.708. The summed E-state index contributed by atoms with van der Waals surface area (Å²) in [6.07, 6.45) is 0. The molecule has 0 aliphatic heterocycles. The topological polar surface area (TPSA) is 60.0 Å². The molecule has 0 spiro atoms. The second-order valence-corrected chi connectivity index (χ2v) is 5.62. The Hall–Kier alpha value is -3.08. The van der Waals surface area contributed by atoms with E-state index in [4.69, 9.17) is 14.5 Å². The molecular weight excluding hydrogens is 302 g/mol. The van der Waals surface area contributed by atoms with Gasteiger partial charge in [-0.2, -0.15) is 0 Å². The van der Waals surface area contributed by atoms with Crippen molar-refractivity contribution in [3.05, 3.63) is 48.2 Å². The molecule has 2 aromatic heterocycles. The average molecular weight is 319 g/mol. The molecule has 5 heteroatoms. The molecule has 24 heavy (non-hydrogen) atoms. The van der Waals surface area contributed by atoms with Gasteiger partial charge in [0.2, 0.25) is 0 Å². The van der Waals surface area contributed by atoms with Gasteiger partial charge < -0.3 is 14.5 Å². The van der Waals surface area contributed by atoms with E-state index in [1.165, 1.54) is 0 Å². The SMILES string of the molecule is COc1ccc(-c2nc(C)c3[nH]c4cc(OC)ccc4c3n2)cc1. The maximum atomic E-state index is 5.30. The van der Waals surface area contributed by atoms with Crippen molar-refractivity contribution in [2.24, 2.45) is 0 Å². The van der Waals surface area contributed by atoms with E-state index in [9.17, 15) is 0 Å². The van der Waals surface area contributed by atoms with Gasteiger partial charge in [-0.25, -0.2) is 9.97 Å². The first kappa shape index (κ1) is 14.5. The first-order chi connectivity index (χ1) is 11.7. The van der Waals surface area contributed by atoms with Crippen LogP contribution in [0.4, 0.5) is 0 Å². The molecule has 2 heterocycles. The summed E-state index contributed by atoms with van der Waals surface area (Å²) in [6.45, 7) is 1.99. The second kappa shape index (κ2) is 5.53. The standard InChI is InChI=1S/C19H17N3O2/c1-11-17-18(15-9-8-14(24-3)10-16(15)21-17)22-19(20-11)12-4-6-13(23-2)7-5-12/h4-10,21H,1-3H3. The smallest absolute Gasteiger partial charge is 0.160 e. The first-order valence-electron chi connectivity index (χ1n) is 7.68. The van der Waals surface area contributed by atoms with E-state index < -0.39 is 0 Å². The Balaban J connectivity index is 1.93. The van der Waals surface area contributed by atoms with Crippen molar-refractivity contribution < 1.29 is 9.47 Å². The lowest BCUT2D eigenvalue weighted by Gasteiger charge is -2.04. The summed E-state index contributed by atoms with van der Waals surface area (Å²) in [4.78, 5) is 12.8. The van der Waals surface area contributed by atoms with Gasteiger partial charge in [0.05, 0.1) is 30.9 Å². The van der Waals surface area contributed by atoms with Crippen molar-refractivity contribution in [1.29, 1.82) is 0 Å². The molecule has 0 bridgehead atoms. The molecule has 0 aliphatic rings. The van der Waals surface area contributed by atoms with Gasteiger partial charge in [-0.3, -0.25) is 0 Å². The second-order valence-electron chi connectivity index (χ2n) is 5.62. The van der Waals surface area contributed by atoms with Crippen molar-refractivity contribution in [3.63, 3.8) is 0 Å². The molecule has 0 unspecified atom stereocenters. The number of ether oxygens (including phenoxy) is 2. The van der Waals surface area contributed by atoms with Crippen LogP contribution in [0.15, 0.2) is 42.5 Å². The summed E-state index contributed by atoms with van der Waals surface area (Å²) in [5, 5.41) is 1.06. The zero-order valence-corrected chi connectivity index (χ0v) is 13.8. The number of hydrogen-bond donors (Lipinski definition) is 1. The highest BCUT2D eigenvalue weighted by Gasteiger charge is 2.12. The van der Waals surface area contributed by atoms with Gasteiger partial charge in [0.15, 0.2) is 5.82 Å². The third-order valence-corrected chi connectivity index (χ3v) is 4.18. The molecule has 120 valence electrons. The minimum Gasteiger partial charge on any atom is -0.497 e. The van der Waals surface area contributed by atoms with Crippen molar-refractivity contribution >= 4 is 21.9 Å². The Labute approximate surface area is 139 Å². The van der Waals surface area contributed by atoms with Gasteiger partial charge in [0, 0.05) is 17.0 Å². The van der Waals surface area contributed by atoms with Crippen LogP contribution in [0, 0.1) is 6.92 Å². The average Bonchev–Trinajstić information content (AvgIpc) is 3.00. The predicted octanol–water partition coefficient (Wildman–Crippen LogP) is 4.10. The fourth-order valence-electron chi connectivity index (χ4n) is 2.88. The van der Waals surface area contributed by atoms with Crippen LogP contribution in [0.2, 0.25) is 0 Å². The van der Waals surface area contributed by atoms with Crippen LogP contribution < -0.4 is 9.47 Å². The van der Waals surface area contributed by atoms with Gasteiger partial charge in [0.25, 0.3) is 0 Å².